The van der Waals surface area contributed by atoms with Crippen LogP contribution in [-0.2, 0) is 14.6 Å². The number of benzene rings is 1. The van der Waals surface area contributed by atoms with Gasteiger partial charge in [-0.15, -0.1) is 0 Å². The van der Waals surface area contributed by atoms with Crippen molar-refractivity contribution in [3.63, 3.8) is 0 Å². The van der Waals surface area contributed by atoms with Gasteiger partial charge in [0.15, 0.2) is 9.84 Å². The smallest absolute Gasteiger partial charge is 0.179 e. The molecule has 0 amide bonds. The first-order valence-corrected chi connectivity index (χ1v) is 9.63. The predicted octanol–water partition coefficient (Wildman–Crippen LogP) is 2.68. The summed E-state index contributed by atoms with van der Waals surface area (Å²) in [7, 11) is -3.47. The van der Waals surface area contributed by atoms with Crippen molar-refractivity contribution in [1.29, 1.82) is 0 Å². The maximum Gasteiger partial charge on any atom is 0.179 e. The maximum atomic E-state index is 11.9. The number of carbonyl (C=O) groups is 2. The zero-order valence-electron chi connectivity index (χ0n) is 13.4. The zero-order chi connectivity index (χ0) is 17.0. The van der Waals surface area contributed by atoms with Crippen LogP contribution >= 0.6 is 0 Å². The van der Waals surface area contributed by atoms with Gasteiger partial charge < -0.3 is 4.74 Å². The Labute approximate surface area is 137 Å². The molecule has 0 aliphatic heterocycles. The summed E-state index contributed by atoms with van der Waals surface area (Å²) in [6.45, 7) is 2.06. The van der Waals surface area contributed by atoms with E-state index >= 15 is 0 Å². The van der Waals surface area contributed by atoms with Crippen molar-refractivity contribution in [2.75, 3.05) is 12.9 Å². The SMILES string of the molecule is CC(=O)C1CCC(COc2ccc(C=O)cc2S(C)(=O)=O)CC1. The zero-order valence-corrected chi connectivity index (χ0v) is 14.3. The Bertz CT molecular complexity index is 685. The predicted molar refractivity (Wildman–Crippen MR) is 86.6 cm³/mol. The van der Waals surface area contributed by atoms with Crippen molar-refractivity contribution in [3.8, 4) is 5.75 Å². The number of hydrogen-bond acceptors (Lipinski definition) is 5. The van der Waals surface area contributed by atoms with Crippen molar-refractivity contribution < 1.29 is 22.7 Å². The van der Waals surface area contributed by atoms with Gasteiger partial charge in [0.1, 0.15) is 22.7 Å². The van der Waals surface area contributed by atoms with Crippen molar-refractivity contribution in [2.45, 2.75) is 37.5 Å². The van der Waals surface area contributed by atoms with Gasteiger partial charge in [-0.05, 0) is 56.7 Å². The number of hydrogen-bond donors (Lipinski definition) is 0. The number of aldehydes is 1. The molecule has 0 atom stereocenters. The van der Waals surface area contributed by atoms with Crippen LogP contribution in [0.5, 0.6) is 5.75 Å². The lowest BCUT2D eigenvalue weighted by Crippen LogP contribution is -2.23. The van der Waals surface area contributed by atoms with E-state index in [4.69, 9.17) is 4.74 Å². The minimum absolute atomic E-state index is 0.0412. The van der Waals surface area contributed by atoms with Gasteiger partial charge in [-0.25, -0.2) is 8.42 Å². The van der Waals surface area contributed by atoms with E-state index in [2.05, 4.69) is 0 Å². The number of Topliss-reactive ketones (excluding diaryl/α,β-unsaturated/α-hetero) is 1. The molecule has 0 radical (unpaired) electrons. The van der Waals surface area contributed by atoms with Crippen LogP contribution in [-0.4, -0.2) is 33.3 Å². The summed E-state index contributed by atoms with van der Waals surface area (Å²) in [5.74, 6) is 1.01. The largest absolute Gasteiger partial charge is 0.492 e. The summed E-state index contributed by atoms with van der Waals surface area (Å²) in [5, 5.41) is 0. The summed E-state index contributed by atoms with van der Waals surface area (Å²) >= 11 is 0. The van der Waals surface area contributed by atoms with E-state index in [-0.39, 0.29) is 22.3 Å². The first kappa shape index (κ1) is 17.7. The molecule has 0 saturated heterocycles. The molecule has 1 aromatic rings. The Morgan fingerprint density at radius 2 is 1.91 bits per heavy atom. The minimum atomic E-state index is -3.47. The van der Waals surface area contributed by atoms with E-state index < -0.39 is 9.84 Å². The second kappa shape index (κ2) is 7.25. The Kier molecular flexibility index (Phi) is 5.57. The Morgan fingerprint density at radius 1 is 1.26 bits per heavy atom. The van der Waals surface area contributed by atoms with Gasteiger partial charge in [0.25, 0.3) is 0 Å². The molecule has 0 bridgehead atoms. The lowest BCUT2D eigenvalue weighted by atomic mass is 9.81. The van der Waals surface area contributed by atoms with Crippen LogP contribution in [0.3, 0.4) is 0 Å². The van der Waals surface area contributed by atoms with Crippen LogP contribution in [0.15, 0.2) is 23.1 Å². The molecule has 1 saturated carbocycles. The molecule has 23 heavy (non-hydrogen) atoms. The molecular formula is C17H22O5S. The van der Waals surface area contributed by atoms with Crippen molar-refractivity contribution >= 4 is 21.9 Å². The van der Waals surface area contributed by atoms with Crippen LogP contribution in [0.1, 0.15) is 43.0 Å². The molecule has 0 N–H and O–H groups in total. The highest BCUT2D eigenvalue weighted by Crippen LogP contribution is 2.31. The fourth-order valence-electron chi connectivity index (χ4n) is 2.95. The van der Waals surface area contributed by atoms with E-state index in [1.807, 2.05) is 0 Å². The van der Waals surface area contributed by atoms with Crippen LogP contribution in [0.2, 0.25) is 0 Å². The topological polar surface area (TPSA) is 77.5 Å². The van der Waals surface area contributed by atoms with Gasteiger partial charge >= 0.3 is 0 Å². The highest BCUT2D eigenvalue weighted by molar-refractivity contribution is 7.90. The van der Waals surface area contributed by atoms with E-state index in [9.17, 15) is 18.0 Å². The summed E-state index contributed by atoms with van der Waals surface area (Å²) in [5.41, 5.74) is 0.305. The molecule has 1 aliphatic carbocycles. The molecule has 1 aliphatic rings. The third-order valence-electron chi connectivity index (χ3n) is 4.40. The third kappa shape index (κ3) is 4.64. The maximum absolute atomic E-state index is 11.9. The number of sulfone groups is 1. The van der Waals surface area contributed by atoms with E-state index in [0.717, 1.165) is 31.9 Å². The van der Waals surface area contributed by atoms with Crippen molar-refractivity contribution in [1.82, 2.24) is 0 Å². The highest BCUT2D eigenvalue weighted by Gasteiger charge is 2.25. The number of ether oxygens (including phenoxy) is 1. The molecule has 1 fully saturated rings. The van der Waals surface area contributed by atoms with Crippen LogP contribution in [0.25, 0.3) is 0 Å². The molecule has 126 valence electrons. The Morgan fingerprint density at radius 3 is 2.43 bits per heavy atom. The quantitative estimate of drug-likeness (QED) is 0.745. The molecule has 0 spiro atoms. The lowest BCUT2D eigenvalue weighted by molar-refractivity contribution is -0.121. The monoisotopic (exact) mass is 338 g/mol. The normalized spacial score (nSPS) is 21.7. The van der Waals surface area contributed by atoms with Crippen molar-refractivity contribution in [3.05, 3.63) is 23.8 Å². The van der Waals surface area contributed by atoms with Gasteiger partial charge in [-0.3, -0.25) is 9.59 Å². The van der Waals surface area contributed by atoms with Crippen LogP contribution < -0.4 is 4.74 Å². The summed E-state index contributed by atoms with van der Waals surface area (Å²) in [6.07, 6.45) is 5.26. The Balaban J connectivity index is 2.04. The third-order valence-corrected chi connectivity index (χ3v) is 5.52. The summed E-state index contributed by atoms with van der Waals surface area (Å²) in [6, 6.07) is 4.41. The molecular weight excluding hydrogens is 316 g/mol. The van der Waals surface area contributed by atoms with Gasteiger partial charge in [0.2, 0.25) is 0 Å². The van der Waals surface area contributed by atoms with E-state index in [0.29, 0.717) is 24.4 Å². The minimum Gasteiger partial charge on any atom is -0.492 e. The van der Waals surface area contributed by atoms with Gasteiger partial charge in [-0.1, -0.05) is 0 Å². The standard InChI is InChI=1S/C17H22O5S/c1-12(19)15-6-3-13(4-7-15)11-22-16-8-5-14(10-18)9-17(16)23(2,20)21/h5,8-10,13,15H,3-4,6-7,11H2,1-2H3. The average Bonchev–Trinajstić information content (AvgIpc) is 2.52. The van der Waals surface area contributed by atoms with Gasteiger partial charge in [0.05, 0.1) is 6.61 Å². The molecule has 2 rings (SSSR count). The fraction of sp³-hybridized carbons (Fsp3) is 0.529. The van der Waals surface area contributed by atoms with Crippen molar-refractivity contribution in [2.24, 2.45) is 11.8 Å². The van der Waals surface area contributed by atoms with Crippen LogP contribution in [0, 0.1) is 11.8 Å². The first-order valence-electron chi connectivity index (χ1n) is 7.73. The second-order valence-corrected chi connectivity index (χ2v) is 8.22. The molecule has 0 heterocycles. The lowest BCUT2D eigenvalue weighted by Gasteiger charge is -2.27. The summed E-state index contributed by atoms with van der Waals surface area (Å²) in [4.78, 5) is 22.2. The van der Waals surface area contributed by atoms with Crippen LogP contribution in [0.4, 0.5) is 0 Å². The molecule has 5 nitrogen and oxygen atoms in total. The number of rotatable bonds is 6. The van der Waals surface area contributed by atoms with E-state index in [1.54, 1.807) is 13.0 Å². The number of ketones is 1. The molecule has 1 aromatic carbocycles. The molecule has 0 aromatic heterocycles. The number of carbonyl (C=O) groups excluding carboxylic acids is 2. The summed E-state index contributed by atoms with van der Waals surface area (Å²) < 4.78 is 29.4. The highest BCUT2D eigenvalue weighted by atomic mass is 32.2. The van der Waals surface area contributed by atoms with Gasteiger partial charge in [-0.2, -0.15) is 0 Å². The first-order chi connectivity index (χ1) is 10.8. The fourth-order valence-corrected chi connectivity index (χ4v) is 3.79. The Hall–Kier alpha value is -1.69. The second-order valence-electron chi connectivity index (χ2n) is 6.24. The average molecular weight is 338 g/mol. The van der Waals surface area contributed by atoms with Gasteiger partial charge in [0, 0.05) is 17.7 Å². The molecule has 0 unspecified atom stereocenters. The molecule has 6 heteroatoms. The van der Waals surface area contributed by atoms with E-state index in [1.165, 1.54) is 12.1 Å².